The summed E-state index contributed by atoms with van der Waals surface area (Å²) in [6.45, 7) is 9.73. The molecule has 1 aliphatic rings. The van der Waals surface area contributed by atoms with E-state index in [9.17, 15) is 13.6 Å². The van der Waals surface area contributed by atoms with E-state index in [0.29, 0.717) is 34.9 Å². The number of carbonyl (C=O) groups excluding carboxylic acids is 1. The third kappa shape index (κ3) is 6.59. The molecule has 1 aromatic heterocycles. The van der Waals surface area contributed by atoms with Crippen molar-refractivity contribution in [3.05, 3.63) is 35.2 Å². The normalized spacial score (nSPS) is 13.6. The number of hydrogen-bond acceptors (Lipinski definition) is 9. The Morgan fingerprint density at radius 2 is 2.12 bits per heavy atom. The molecule has 1 N–H and O–H groups in total. The fourth-order valence-corrected chi connectivity index (χ4v) is 3.99. The molecule has 0 saturated carbocycles. The number of ether oxygens (including phenoxy) is 1. The SMILES string of the molecule is CCOC(=O)c1cnc(N=Nc2cc3c(cc2NSC(F)F)N(CC(C)C)CCC3)nc1C. The minimum atomic E-state index is -2.58. The van der Waals surface area contributed by atoms with E-state index in [-0.39, 0.29) is 18.1 Å². The molecule has 0 spiro atoms. The van der Waals surface area contributed by atoms with Crippen LogP contribution in [0.15, 0.2) is 28.6 Å². The van der Waals surface area contributed by atoms with E-state index in [1.54, 1.807) is 13.8 Å². The molecule has 1 aromatic carbocycles. The number of alkyl halides is 2. The van der Waals surface area contributed by atoms with Gasteiger partial charge in [-0.1, -0.05) is 13.8 Å². The lowest BCUT2D eigenvalue weighted by Crippen LogP contribution is -2.32. The zero-order valence-corrected chi connectivity index (χ0v) is 20.0. The summed E-state index contributed by atoms with van der Waals surface area (Å²) in [5, 5.41) is 8.33. The molecule has 0 amide bonds. The highest BCUT2D eigenvalue weighted by atomic mass is 32.2. The smallest absolute Gasteiger partial charge is 0.341 e. The van der Waals surface area contributed by atoms with Gasteiger partial charge < -0.3 is 14.4 Å². The Morgan fingerprint density at radius 1 is 1.33 bits per heavy atom. The second-order valence-electron chi connectivity index (χ2n) is 8.01. The molecule has 0 unspecified atom stereocenters. The Morgan fingerprint density at radius 3 is 2.79 bits per heavy atom. The second-order valence-corrected chi connectivity index (χ2v) is 8.81. The van der Waals surface area contributed by atoms with Gasteiger partial charge in [-0.2, -0.15) is 8.78 Å². The van der Waals surface area contributed by atoms with Gasteiger partial charge in [0.25, 0.3) is 5.95 Å². The maximum absolute atomic E-state index is 12.9. The second kappa shape index (κ2) is 11.4. The monoisotopic (exact) mass is 478 g/mol. The van der Waals surface area contributed by atoms with Crippen molar-refractivity contribution in [2.24, 2.45) is 16.1 Å². The van der Waals surface area contributed by atoms with Crippen LogP contribution in [0.3, 0.4) is 0 Å². The number of esters is 1. The first-order valence-electron chi connectivity index (χ1n) is 10.8. The van der Waals surface area contributed by atoms with Crippen LogP contribution >= 0.6 is 11.9 Å². The summed E-state index contributed by atoms with van der Waals surface area (Å²) >= 11 is 0.312. The fourth-order valence-electron chi connectivity index (χ4n) is 3.61. The minimum absolute atomic E-state index is 0.0622. The van der Waals surface area contributed by atoms with Crippen molar-refractivity contribution in [3.63, 3.8) is 0 Å². The number of anilines is 2. The lowest BCUT2D eigenvalue weighted by atomic mass is 9.99. The first-order valence-corrected chi connectivity index (χ1v) is 11.7. The molecule has 0 atom stereocenters. The zero-order chi connectivity index (χ0) is 24.0. The molecule has 0 bridgehead atoms. The van der Waals surface area contributed by atoms with E-state index in [4.69, 9.17) is 4.74 Å². The number of fused-ring (bicyclic) bond motifs is 1. The molecule has 0 fully saturated rings. The minimum Gasteiger partial charge on any atom is -0.462 e. The lowest BCUT2D eigenvalue weighted by Gasteiger charge is -2.33. The van der Waals surface area contributed by atoms with E-state index in [1.165, 1.54) is 6.20 Å². The topological polar surface area (TPSA) is 92.1 Å². The van der Waals surface area contributed by atoms with Crippen LogP contribution in [0, 0.1) is 12.8 Å². The standard InChI is InChI=1S/C22H28F2N6O2S/c1-5-32-20(31)16-11-25-22(26-14(16)4)28-27-17-9-15-7-6-8-30(12-13(2)3)19(15)10-18(17)29-33-21(23)24/h9-11,13,21,29H,5-8,12H2,1-4H3. The van der Waals surface area contributed by atoms with Crippen molar-refractivity contribution in [3.8, 4) is 0 Å². The van der Waals surface area contributed by atoms with Gasteiger partial charge >= 0.3 is 11.7 Å². The molecule has 11 heteroatoms. The van der Waals surface area contributed by atoms with Gasteiger partial charge in [0.15, 0.2) is 0 Å². The van der Waals surface area contributed by atoms with Gasteiger partial charge in [0.1, 0.15) is 5.69 Å². The molecule has 0 radical (unpaired) electrons. The van der Waals surface area contributed by atoms with Crippen molar-refractivity contribution in [2.75, 3.05) is 29.3 Å². The number of halogens is 2. The summed E-state index contributed by atoms with van der Waals surface area (Å²) < 4.78 is 33.4. The number of nitrogens with zero attached hydrogens (tertiary/aromatic N) is 5. The molecule has 2 aromatic rings. The van der Waals surface area contributed by atoms with E-state index in [1.807, 2.05) is 12.1 Å². The van der Waals surface area contributed by atoms with E-state index >= 15 is 0 Å². The quantitative estimate of drug-likeness (QED) is 0.266. The van der Waals surface area contributed by atoms with Gasteiger partial charge in [-0.05, 0) is 50.3 Å². The summed E-state index contributed by atoms with van der Waals surface area (Å²) in [4.78, 5) is 22.5. The number of azo groups is 1. The highest BCUT2D eigenvalue weighted by Gasteiger charge is 2.21. The molecule has 33 heavy (non-hydrogen) atoms. The summed E-state index contributed by atoms with van der Waals surface area (Å²) in [6.07, 6.45) is 3.22. The van der Waals surface area contributed by atoms with Crippen molar-refractivity contribution in [1.82, 2.24) is 9.97 Å². The van der Waals surface area contributed by atoms with E-state index in [0.717, 1.165) is 37.2 Å². The molecular weight excluding hydrogens is 450 g/mol. The third-order valence-corrected chi connectivity index (χ3v) is 5.48. The Balaban J connectivity index is 1.92. The summed E-state index contributed by atoms with van der Waals surface area (Å²) in [7, 11) is 0. The zero-order valence-electron chi connectivity index (χ0n) is 19.1. The number of carbonyl (C=O) groups is 1. The van der Waals surface area contributed by atoms with Crippen molar-refractivity contribution in [1.29, 1.82) is 0 Å². The highest BCUT2D eigenvalue weighted by Crippen LogP contribution is 2.39. The molecule has 178 valence electrons. The summed E-state index contributed by atoms with van der Waals surface area (Å²) in [6, 6.07) is 3.73. The average Bonchev–Trinajstić information content (AvgIpc) is 2.76. The van der Waals surface area contributed by atoms with Gasteiger partial charge in [0.2, 0.25) is 0 Å². The Bertz CT molecular complexity index is 1020. The van der Waals surface area contributed by atoms with Gasteiger partial charge in [0.05, 0.1) is 23.6 Å². The highest BCUT2D eigenvalue weighted by molar-refractivity contribution is 8.00. The van der Waals surface area contributed by atoms with Crippen LogP contribution in [0.25, 0.3) is 0 Å². The van der Waals surface area contributed by atoms with Crippen LogP contribution in [-0.4, -0.2) is 41.4 Å². The molecular formula is C22H28F2N6O2S. The van der Waals surface area contributed by atoms with Crippen LogP contribution < -0.4 is 9.62 Å². The van der Waals surface area contributed by atoms with Crippen LogP contribution in [0.5, 0.6) is 0 Å². The number of nitrogens with one attached hydrogen (secondary N) is 1. The molecule has 0 saturated heterocycles. The number of hydrogen-bond donors (Lipinski definition) is 1. The molecule has 0 aliphatic carbocycles. The Labute approximate surface area is 196 Å². The van der Waals surface area contributed by atoms with Gasteiger partial charge in [-0.3, -0.25) is 0 Å². The first kappa shape index (κ1) is 24.8. The number of aromatic nitrogens is 2. The summed E-state index contributed by atoms with van der Waals surface area (Å²) in [5.41, 5.74) is 3.65. The molecule has 3 rings (SSSR count). The predicted molar refractivity (Wildman–Crippen MR) is 126 cm³/mol. The van der Waals surface area contributed by atoms with E-state index in [2.05, 4.69) is 43.7 Å². The number of benzene rings is 1. The molecule has 8 nitrogen and oxygen atoms in total. The molecule has 2 heterocycles. The maximum Gasteiger partial charge on any atom is 0.341 e. The first-order chi connectivity index (χ1) is 15.8. The Hall–Kier alpha value is -2.82. The lowest BCUT2D eigenvalue weighted by molar-refractivity contribution is 0.0524. The number of rotatable bonds is 9. The van der Waals surface area contributed by atoms with Gasteiger partial charge in [0, 0.05) is 36.9 Å². The summed E-state index contributed by atoms with van der Waals surface area (Å²) in [5.74, 6) is -2.55. The van der Waals surface area contributed by atoms with Crippen LogP contribution in [0.1, 0.15) is 48.8 Å². The van der Waals surface area contributed by atoms with E-state index < -0.39 is 11.7 Å². The van der Waals surface area contributed by atoms with Crippen molar-refractivity contribution in [2.45, 2.75) is 46.3 Å². The van der Waals surface area contributed by atoms with Crippen LogP contribution in [0.2, 0.25) is 0 Å². The largest absolute Gasteiger partial charge is 0.462 e. The third-order valence-electron chi connectivity index (χ3n) is 4.96. The number of aryl methyl sites for hydroxylation is 2. The van der Waals surface area contributed by atoms with Gasteiger partial charge in [-0.25, -0.2) is 14.8 Å². The Kier molecular flexibility index (Phi) is 8.54. The predicted octanol–water partition coefficient (Wildman–Crippen LogP) is 6.07. The van der Waals surface area contributed by atoms with Gasteiger partial charge in [-0.15, -0.1) is 10.2 Å². The molecule has 1 aliphatic heterocycles. The fraction of sp³-hybridized carbons (Fsp3) is 0.500. The van der Waals surface area contributed by atoms with Crippen molar-refractivity contribution < 1.29 is 18.3 Å². The van der Waals surface area contributed by atoms with Crippen molar-refractivity contribution >= 4 is 40.9 Å². The van der Waals surface area contributed by atoms with Crippen LogP contribution in [-0.2, 0) is 11.2 Å². The van der Waals surface area contributed by atoms with Crippen LogP contribution in [0.4, 0.5) is 31.8 Å². The average molecular weight is 479 g/mol. The maximum atomic E-state index is 12.9.